The summed E-state index contributed by atoms with van der Waals surface area (Å²) in [5, 5.41) is 20.5. The first-order chi connectivity index (χ1) is 9.58. The first kappa shape index (κ1) is 13.3. The Kier molecular flexibility index (Phi) is 3.80. The molecule has 0 bridgehead atoms. The highest BCUT2D eigenvalue weighted by atomic mass is 16.6. The highest BCUT2D eigenvalue weighted by Crippen LogP contribution is 2.15. The van der Waals surface area contributed by atoms with Crippen molar-refractivity contribution in [2.45, 2.75) is 6.92 Å². The van der Waals surface area contributed by atoms with E-state index in [0.717, 1.165) is 0 Å². The average Bonchev–Trinajstić information content (AvgIpc) is 2.43. The second-order valence-corrected chi connectivity index (χ2v) is 3.76. The van der Waals surface area contributed by atoms with Gasteiger partial charge >= 0.3 is 5.69 Å². The number of aryl methyl sites for hydroxylation is 1. The van der Waals surface area contributed by atoms with Gasteiger partial charge in [-0.05, 0) is 13.0 Å². The van der Waals surface area contributed by atoms with E-state index in [2.05, 4.69) is 25.7 Å². The SMILES string of the molecule is Cc1n[nH]c(=O)nc1NN=Cc1ccccc1[N+](=O)[O-]. The average molecular weight is 274 g/mol. The van der Waals surface area contributed by atoms with Crippen LogP contribution in [0.2, 0.25) is 0 Å². The monoisotopic (exact) mass is 274 g/mol. The van der Waals surface area contributed by atoms with E-state index >= 15 is 0 Å². The van der Waals surface area contributed by atoms with Gasteiger partial charge in [-0.2, -0.15) is 15.2 Å². The lowest BCUT2D eigenvalue weighted by Crippen LogP contribution is -2.15. The number of para-hydroxylation sites is 1. The maximum Gasteiger partial charge on any atom is 0.363 e. The van der Waals surface area contributed by atoms with Gasteiger partial charge < -0.3 is 0 Å². The Morgan fingerprint density at radius 1 is 1.45 bits per heavy atom. The number of benzene rings is 1. The molecule has 2 N–H and O–H groups in total. The number of nitro benzene ring substituents is 1. The summed E-state index contributed by atoms with van der Waals surface area (Å²) in [6.07, 6.45) is 1.28. The summed E-state index contributed by atoms with van der Waals surface area (Å²) in [5.41, 5.74) is 2.63. The molecule has 1 aromatic heterocycles. The van der Waals surface area contributed by atoms with Gasteiger partial charge in [0, 0.05) is 6.07 Å². The first-order valence-corrected chi connectivity index (χ1v) is 5.54. The van der Waals surface area contributed by atoms with Crippen LogP contribution in [0.25, 0.3) is 0 Å². The van der Waals surface area contributed by atoms with Gasteiger partial charge in [0.2, 0.25) is 0 Å². The number of hydrogen-bond acceptors (Lipinski definition) is 7. The summed E-state index contributed by atoms with van der Waals surface area (Å²) in [7, 11) is 0. The fraction of sp³-hybridized carbons (Fsp3) is 0.0909. The van der Waals surface area contributed by atoms with E-state index in [1.807, 2.05) is 0 Å². The zero-order chi connectivity index (χ0) is 14.5. The molecule has 1 heterocycles. The molecule has 9 nitrogen and oxygen atoms in total. The molecule has 9 heteroatoms. The summed E-state index contributed by atoms with van der Waals surface area (Å²) in [4.78, 5) is 24.9. The number of nitro groups is 1. The van der Waals surface area contributed by atoms with Crippen LogP contribution in [0.5, 0.6) is 0 Å². The molecule has 0 aliphatic carbocycles. The molecule has 0 amide bonds. The van der Waals surface area contributed by atoms with E-state index in [1.54, 1.807) is 25.1 Å². The highest BCUT2D eigenvalue weighted by Gasteiger charge is 2.09. The molecule has 0 spiro atoms. The zero-order valence-corrected chi connectivity index (χ0v) is 10.4. The van der Waals surface area contributed by atoms with E-state index in [1.165, 1.54) is 12.3 Å². The van der Waals surface area contributed by atoms with Crippen LogP contribution in [0.4, 0.5) is 11.5 Å². The molecule has 2 rings (SSSR count). The van der Waals surface area contributed by atoms with Gasteiger partial charge in [-0.25, -0.2) is 9.89 Å². The third-order valence-corrected chi connectivity index (χ3v) is 2.38. The van der Waals surface area contributed by atoms with Crippen LogP contribution in [0.15, 0.2) is 34.2 Å². The Balaban J connectivity index is 2.21. The van der Waals surface area contributed by atoms with Gasteiger partial charge in [-0.1, -0.05) is 12.1 Å². The number of nitrogens with one attached hydrogen (secondary N) is 2. The van der Waals surface area contributed by atoms with Crippen molar-refractivity contribution in [3.05, 3.63) is 56.1 Å². The van der Waals surface area contributed by atoms with Gasteiger partial charge in [0.05, 0.1) is 16.7 Å². The first-order valence-electron chi connectivity index (χ1n) is 5.54. The smallest absolute Gasteiger partial charge is 0.260 e. The van der Waals surface area contributed by atoms with Crippen molar-refractivity contribution in [1.29, 1.82) is 0 Å². The number of anilines is 1. The Labute approximate surface area is 112 Å². The van der Waals surface area contributed by atoms with Crippen LogP contribution in [0.1, 0.15) is 11.3 Å². The molecule has 0 fully saturated rings. The molecule has 0 unspecified atom stereocenters. The van der Waals surface area contributed by atoms with Crippen molar-refractivity contribution in [3.63, 3.8) is 0 Å². The fourth-order valence-corrected chi connectivity index (χ4v) is 1.42. The lowest BCUT2D eigenvalue weighted by Gasteiger charge is -2.00. The molecule has 0 aliphatic rings. The largest absolute Gasteiger partial charge is 0.363 e. The van der Waals surface area contributed by atoms with Gasteiger partial charge in [0.1, 0.15) is 5.69 Å². The van der Waals surface area contributed by atoms with Crippen molar-refractivity contribution in [3.8, 4) is 0 Å². The summed E-state index contributed by atoms with van der Waals surface area (Å²) in [6, 6.07) is 6.15. The quantitative estimate of drug-likeness (QED) is 0.483. The molecule has 2 aromatic rings. The number of rotatable bonds is 4. The van der Waals surface area contributed by atoms with Gasteiger partial charge in [0.15, 0.2) is 5.82 Å². The van der Waals surface area contributed by atoms with Crippen LogP contribution in [-0.2, 0) is 0 Å². The van der Waals surface area contributed by atoms with Crippen molar-refractivity contribution < 1.29 is 4.92 Å². The van der Waals surface area contributed by atoms with Crippen LogP contribution < -0.4 is 11.1 Å². The third-order valence-electron chi connectivity index (χ3n) is 2.38. The van der Waals surface area contributed by atoms with E-state index in [-0.39, 0.29) is 11.5 Å². The maximum absolute atomic E-state index is 11.0. The van der Waals surface area contributed by atoms with E-state index in [4.69, 9.17) is 0 Å². The predicted molar refractivity (Wildman–Crippen MR) is 71.7 cm³/mol. The number of hydrazone groups is 1. The molecule has 0 atom stereocenters. The van der Waals surface area contributed by atoms with Crippen molar-refractivity contribution in [1.82, 2.24) is 15.2 Å². The lowest BCUT2D eigenvalue weighted by molar-refractivity contribution is -0.385. The van der Waals surface area contributed by atoms with Crippen LogP contribution >= 0.6 is 0 Å². The number of aromatic amines is 1. The minimum Gasteiger partial charge on any atom is -0.260 e. The van der Waals surface area contributed by atoms with Crippen LogP contribution in [-0.4, -0.2) is 26.3 Å². The minimum absolute atomic E-state index is 0.0632. The summed E-state index contributed by atoms with van der Waals surface area (Å²) in [6.45, 7) is 1.63. The highest BCUT2D eigenvalue weighted by molar-refractivity contribution is 5.85. The van der Waals surface area contributed by atoms with Gasteiger partial charge in [-0.15, -0.1) is 0 Å². The Morgan fingerprint density at radius 2 is 2.20 bits per heavy atom. The van der Waals surface area contributed by atoms with E-state index < -0.39 is 10.6 Å². The number of nitrogens with zero attached hydrogens (tertiary/aromatic N) is 4. The number of hydrogen-bond donors (Lipinski definition) is 2. The number of H-pyrrole nitrogens is 1. The minimum atomic E-state index is -0.612. The lowest BCUT2D eigenvalue weighted by atomic mass is 10.2. The standard InChI is InChI=1S/C11H10N6O3/c1-7-10(13-11(18)16-14-7)15-12-6-8-4-2-3-5-9(8)17(19)20/h2-6H,1H3,(H2,13,15,16,18). The molecule has 1 aromatic carbocycles. The second-order valence-electron chi connectivity index (χ2n) is 3.76. The number of aromatic nitrogens is 3. The third kappa shape index (κ3) is 3.02. The topological polar surface area (TPSA) is 126 Å². The van der Waals surface area contributed by atoms with Gasteiger partial charge in [0.25, 0.3) is 5.69 Å². The van der Waals surface area contributed by atoms with Crippen LogP contribution in [0, 0.1) is 17.0 Å². The second kappa shape index (κ2) is 5.69. The summed E-state index contributed by atoms with van der Waals surface area (Å²) >= 11 is 0. The molecule has 102 valence electrons. The Morgan fingerprint density at radius 3 is 2.95 bits per heavy atom. The summed E-state index contributed by atoms with van der Waals surface area (Å²) < 4.78 is 0. The molecule has 0 saturated carbocycles. The van der Waals surface area contributed by atoms with Crippen LogP contribution in [0.3, 0.4) is 0 Å². The zero-order valence-electron chi connectivity index (χ0n) is 10.4. The van der Waals surface area contributed by atoms with Crippen molar-refractivity contribution in [2.75, 3.05) is 5.43 Å². The van der Waals surface area contributed by atoms with E-state index in [9.17, 15) is 14.9 Å². The summed E-state index contributed by atoms with van der Waals surface area (Å²) in [5.74, 6) is 0.184. The molecular weight excluding hydrogens is 264 g/mol. The Bertz CT molecular complexity index is 724. The molecule has 0 saturated heterocycles. The van der Waals surface area contributed by atoms with Crippen molar-refractivity contribution in [2.24, 2.45) is 5.10 Å². The van der Waals surface area contributed by atoms with E-state index in [0.29, 0.717) is 11.3 Å². The predicted octanol–water partition coefficient (Wildman–Crippen LogP) is 0.828. The molecule has 20 heavy (non-hydrogen) atoms. The normalized spacial score (nSPS) is 10.7. The maximum atomic E-state index is 11.0. The molecular formula is C11H10N6O3. The molecule has 0 radical (unpaired) electrons. The Hall–Kier alpha value is -3.10. The van der Waals surface area contributed by atoms with Crippen molar-refractivity contribution >= 4 is 17.7 Å². The van der Waals surface area contributed by atoms with Gasteiger partial charge in [-0.3, -0.25) is 15.5 Å². The fourth-order valence-electron chi connectivity index (χ4n) is 1.42. The molecule has 0 aliphatic heterocycles.